The van der Waals surface area contributed by atoms with Gasteiger partial charge >= 0.3 is 12.1 Å². The average Bonchev–Trinajstić information content (AvgIpc) is 2.21. The van der Waals surface area contributed by atoms with Crippen molar-refractivity contribution in [3.63, 3.8) is 0 Å². The van der Waals surface area contributed by atoms with Crippen LogP contribution in [0.25, 0.3) is 0 Å². The summed E-state index contributed by atoms with van der Waals surface area (Å²) in [6.07, 6.45) is -2.63. The van der Waals surface area contributed by atoms with E-state index in [0.29, 0.717) is 0 Å². The largest absolute Gasteiger partial charge is 0.508 e. The molecule has 0 fully saturated rings. The third-order valence-corrected chi connectivity index (χ3v) is 1.51. The second kappa shape index (κ2) is 8.77. The molecule has 0 saturated heterocycles. The molecule has 2 unspecified atom stereocenters. The smallest absolute Gasteiger partial charge is 0.463 e. The fourth-order valence-electron chi connectivity index (χ4n) is 0.936. The normalized spacial score (nSPS) is 13.6. The van der Waals surface area contributed by atoms with Crippen molar-refractivity contribution in [1.82, 2.24) is 0 Å². The van der Waals surface area contributed by atoms with Crippen molar-refractivity contribution in [1.29, 1.82) is 0 Å². The van der Waals surface area contributed by atoms with E-state index in [4.69, 9.17) is 14.6 Å². The van der Waals surface area contributed by atoms with Crippen LogP contribution in [0.4, 0.5) is 4.79 Å². The van der Waals surface area contributed by atoms with Gasteiger partial charge in [-0.3, -0.25) is 4.79 Å². The molecular formula is C10H18O7. The number of ether oxygens (including phenoxy) is 4. The van der Waals surface area contributed by atoms with E-state index >= 15 is 0 Å². The van der Waals surface area contributed by atoms with Crippen LogP contribution in [0.2, 0.25) is 0 Å². The first-order valence-corrected chi connectivity index (χ1v) is 5.22. The maximum Gasteiger partial charge on any atom is 0.508 e. The van der Waals surface area contributed by atoms with Crippen LogP contribution in [0.1, 0.15) is 20.8 Å². The van der Waals surface area contributed by atoms with Gasteiger partial charge in [-0.25, -0.2) is 4.79 Å². The minimum atomic E-state index is -1.05. The number of carbonyl (C=O) groups excluding carboxylic acids is 2. The van der Waals surface area contributed by atoms with E-state index in [-0.39, 0.29) is 19.8 Å². The molecule has 1 N–H and O–H groups in total. The first kappa shape index (κ1) is 15.7. The summed E-state index contributed by atoms with van der Waals surface area (Å²) in [5.41, 5.74) is 0. The Morgan fingerprint density at radius 1 is 1.18 bits per heavy atom. The second-order valence-electron chi connectivity index (χ2n) is 3.15. The quantitative estimate of drug-likeness (QED) is 0.518. The zero-order valence-corrected chi connectivity index (χ0v) is 10.2. The Labute approximate surface area is 99.6 Å². The molecule has 0 heterocycles. The average molecular weight is 250 g/mol. The highest BCUT2D eigenvalue weighted by Gasteiger charge is 2.16. The molecule has 0 aliphatic heterocycles. The Hall–Kier alpha value is -1.34. The number of hydrogen-bond acceptors (Lipinski definition) is 7. The van der Waals surface area contributed by atoms with Crippen molar-refractivity contribution >= 4 is 12.1 Å². The predicted octanol–water partition coefficient (Wildman–Crippen LogP) is 0.446. The number of hydrogen-bond donors (Lipinski definition) is 1. The molecule has 0 amide bonds. The van der Waals surface area contributed by atoms with Gasteiger partial charge in [0, 0.05) is 6.92 Å². The fraction of sp³-hybridized carbons (Fsp3) is 0.800. The summed E-state index contributed by atoms with van der Waals surface area (Å²) in [6, 6.07) is 0. The predicted molar refractivity (Wildman–Crippen MR) is 56.2 cm³/mol. The van der Waals surface area contributed by atoms with Crippen molar-refractivity contribution in [3.8, 4) is 0 Å². The lowest BCUT2D eigenvalue weighted by molar-refractivity contribution is -0.167. The molecule has 0 radical (unpaired) electrons. The van der Waals surface area contributed by atoms with Gasteiger partial charge in [-0.05, 0) is 13.8 Å². The minimum absolute atomic E-state index is 0.111. The van der Waals surface area contributed by atoms with Gasteiger partial charge < -0.3 is 24.1 Å². The van der Waals surface area contributed by atoms with E-state index < -0.39 is 24.5 Å². The van der Waals surface area contributed by atoms with E-state index in [9.17, 15) is 9.59 Å². The summed E-state index contributed by atoms with van der Waals surface area (Å²) in [5, 5.41) is 9.02. The van der Waals surface area contributed by atoms with Crippen LogP contribution >= 0.6 is 0 Å². The molecule has 17 heavy (non-hydrogen) atoms. The highest BCUT2D eigenvalue weighted by Crippen LogP contribution is 2.00. The van der Waals surface area contributed by atoms with Crippen LogP contribution < -0.4 is 0 Å². The van der Waals surface area contributed by atoms with E-state index in [1.165, 1.54) is 13.8 Å². The molecule has 2 atom stereocenters. The Balaban J connectivity index is 4.00. The highest BCUT2D eigenvalue weighted by atomic mass is 16.7. The number of carbonyl (C=O) groups is 2. The van der Waals surface area contributed by atoms with E-state index in [1.807, 2.05) is 0 Å². The van der Waals surface area contributed by atoms with E-state index in [0.717, 1.165) is 0 Å². The van der Waals surface area contributed by atoms with Crippen LogP contribution in [-0.2, 0) is 23.7 Å². The molecule has 7 heteroatoms. The van der Waals surface area contributed by atoms with Gasteiger partial charge in [0.2, 0.25) is 0 Å². The molecule has 100 valence electrons. The SMILES string of the molecule is CCOC(=O)OCC(COC(C)=O)OC(C)O. The van der Waals surface area contributed by atoms with Gasteiger partial charge in [0.25, 0.3) is 0 Å². The molecule has 0 spiro atoms. The number of aliphatic hydroxyl groups excluding tert-OH is 1. The Morgan fingerprint density at radius 3 is 2.24 bits per heavy atom. The van der Waals surface area contributed by atoms with Gasteiger partial charge in [-0.2, -0.15) is 0 Å². The third-order valence-electron chi connectivity index (χ3n) is 1.51. The number of rotatable bonds is 7. The van der Waals surface area contributed by atoms with Gasteiger partial charge in [0.05, 0.1) is 6.61 Å². The lowest BCUT2D eigenvalue weighted by atomic mass is 10.4. The summed E-state index contributed by atoms with van der Waals surface area (Å²) in [6.45, 7) is 4.20. The van der Waals surface area contributed by atoms with Crippen LogP contribution in [0.5, 0.6) is 0 Å². The monoisotopic (exact) mass is 250 g/mol. The summed E-state index contributed by atoms with van der Waals surface area (Å²) < 4.78 is 18.9. The van der Waals surface area contributed by atoms with Crippen LogP contribution in [-0.4, -0.2) is 49.4 Å². The molecular weight excluding hydrogens is 232 g/mol. The molecule has 0 aromatic carbocycles. The molecule has 0 bridgehead atoms. The summed E-state index contributed by atoms with van der Waals surface area (Å²) >= 11 is 0. The van der Waals surface area contributed by atoms with Crippen LogP contribution in [0, 0.1) is 0 Å². The maximum absolute atomic E-state index is 10.9. The van der Waals surface area contributed by atoms with Crippen molar-refractivity contribution in [2.24, 2.45) is 0 Å². The summed E-state index contributed by atoms with van der Waals surface area (Å²) in [7, 11) is 0. The fourth-order valence-corrected chi connectivity index (χ4v) is 0.936. The molecule has 0 aromatic rings. The number of aliphatic hydroxyl groups is 1. The van der Waals surface area contributed by atoms with Crippen molar-refractivity contribution in [2.75, 3.05) is 19.8 Å². The summed E-state index contributed by atoms with van der Waals surface area (Å²) in [5.74, 6) is -0.486. The maximum atomic E-state index is 10.9. The first-order chi connectivity index (χ1) is 7.95. The first-order valence-electron chi connectivity index (χ1n) is 5.22. The zero-order valence-electron chi connectivity index (χ0n) is 10.2. The topological polar surface area (TPSA) is 91.3 Å². The molecule has 0 saturated carbocycles. The lowest BCUT2D eigenvalue weighted by Gasteiger charge is -2.18. The standard InChI is InChI=1S/C10H18O7/c1-4-14-10(13)16-6-9(17-8(3)12)5-15-7(2)11/h8-9,12H,4-6H2,1-3H3. The van der Waals surface area contributed by atoms with E-state index in [1.54, 1.807) is 6.92 Å². The highest BCUT2D eigenvalue weighted by molar-refractivity contribution is 5.65. The van der Waals surface area contributed by atoms with Gasteiger partial charge in [-0.15, -0.1) is 0 Å². The molecule has 7 nitrogen and oxygen atoms in total. The second-order valence-corrected chi connectivity index (χ2v) is 3.15. The van der Waals surface area contributed by atoms with E-state index in [2.05, 4.69) is 9.47 Å². The molecule has 0 aliphatic carbocycles. The Morgan fingerprint density at radius 2 is 1.76 bits per heavy atom. The van der Waals surface area contributed by atoms with Gasteiger partial charge in [-0.1, -0.05) is 0 Å². The van der Waals surface area contributed by atoms with Crippen LogP contribution in [0.15, 0.2) is 0 Å². The molecule has 0 aliphatic rings. The molecule has 0 aromatic heterocycles. The van der Waals surface area contributed by atoms with Crippen molar-refractivity contribution < 1.29 is 33.6 Å². The number of esters is 1. The molecule has 0 rings (SSSR count). The Kier molecular flexibility index (Phi) is 8.08. The van der Waals surface area contributed by atoms with Crippen LogP contribution in [0.3, 0.4) is 0 Å². The minimum Gasteiger partial charge on any atom is -0.463 e. The van der Waals surface area contributed by atoms with Gasteiger partial charge in [0.15, 0.2) is 6.29 Å². The third kappa shape index (κ3) is 9.58. The lowest BCUT2D eigenvalue weighted by Crippen LogP contribution is -2.31. The van der Waals surface area contributed by atoms with Crippen molar-refractivity contribution in [3.05, 3.63) is 0 Å². The Bertz CT molecular complexity index is 239. The van der Waals surface area contributed by atoms with Gasteiger partial charge in [0.1, 0.15) is 19.3 Å². The van der Waals surface area contributed by atoms with Crippen molar-refractivity contribution in [2.45, 2.75) is 33.2 Å². The zero-order chi connectivity index (χ0) is 13.3. The summed E-state index contributed by atoms with van der Waals surface area (Å²) in [4.78, 5) is 21.5.